The first-order valence-corrected chi connectivity index (χ1v) is 16.2. The summed E-state index contributed by atoms with van der Waals surface area (Å²) in [5, 5.41) is 2.53. The Morgan fingerprint density at radius 3 is 1.65 bits per heavy atom. The summed E-state index contributed by atoms with van der Waals surface area (Å²) in [4.78, 5) is 2.41. The zero-order chi connectivity index (χ0) is 31.4. The first-order chi connectivity index (χ1) is 22.4. The maximum absolute atomic E-state index is 2.43. The summed E-state index contributed by atoms with van der Waals surface area (Å²) in [6, 6.07) is 56.0. The molecule has 1 heteroatoms. The van der Waals surface area contributed by atoms with E-state index in [1.165, 1.54) is 72.1 Å². The molecule has 1 aliphatic rings. The molecule has 0 heterocycles. The van der Waals surface area contributed by atoms with Crippen LogP contribution in [0.2, 0.25) is 0 Å². The Balaban J connectivity index is 1.33. The van der Waals surface area contributed by atoms with Gasteiger partial charge in [0, 0.05) is 22.5 Å². The van der Waals surface area contributed by atoms with E-state index in [1.54, 1.807) is 0 Å². The molecule has 0 atom stereocenters. The van der Waals surface area contributed by atoms with Crippen molar-refractivity contribution in [2.75, 3.05) is 4.90 Å². The van der Waals surface area contributed by atoms with Gasteiger partial charge in [-0.2, -0.15) is 0 Å². The van der Waals surface area contributed by atoms with Crippen molar-refractivity contribution in [2.45, 2.75) is 33.1 Å². The molecular weight excluding hydrogens is 555 g/mol. The highest BCUT2D eigenvalue weighted by Crippen LogP contribution is 2.54. The SMILES string of the molecule is Cc1ccc(N(c2ccc(C)cc2)c2cc(-c3ccc(-c4ccc5ccccc5c4)cc3)c3c(c2)C(C)(C)c2ccccc2-3)cc1. The van der Waals surface area contributed by atoms with Crippen molar-refractivity contribution in [3.63, 3.8) is 0 Å². The van der Waals surface area contributed by atoms with E-state index in [9.17, 15) is 0 Å². The lowest BCUT2D eigenvalue weighted by molar-refractivity contribution is 0.660. The lowest BCUT2D eigenvalue weighted by atomic mass is 9.81. The molecule has 0 N–H and O–H groups in total. The van der Waals surface area contributed by atoms with Gasteiger partial charge in [0.1, 0.15) is 0 Å². The fraction of sp³-hybridized carbons (Fsp3) is 0.111. The van der Waals surface area contributed by atoms with Crippen LogP contribution >= 0.6 is 0 Å². The van der Waals surface area contributed by atoms with Crippen molar-refractivity contribution in [3.05, 3.63) is 174 Å². The third-order valence-corrected chi connectivity index (χ3v) is 9.79. The van der Waals surface area contributed by atoms with Crippen molar-refractivity contribution in [1.29, 1.82) is 0 Å². The Kier molecular flexibility index (Phi) is 6.65. The number of aryl methyl sites for hydroxylation is 2. The van der Waals surface area contributed by atoms with E-state index >= 15 is 0 Å². The molecular formula is C45H37N. The van der Waals surface area contributed by atoms with E-state index in [-0.39, 0.29) is 5.41 Å². The Bertz CT molecular complexity index is 2170. The molecule has 0 aliphatic heterocycles. The normalized spacial score (nSPS) is 13.0. The molecule has 1 nitrogen and oxygen atoms in total. The summed E-state index contributed by atoms with van der Waals surface area (Å²) < 4.78 is 0. The van der Waals surface area contributed by atoms with Crippen LogP contribution < -0.4 is 4.90 Å². The van der Waals surface area contributed by atoms with E-state index in [4.69, 9.17) is 0 Å². The van der Waals surface area contributed by atoms with Crippen LogP contribution in [0.3, 0.4) is 0 Å². The van der Waals surface area contributed by atoms with E-state index in [0.29, 0.717) is 0 Å². The zero-order valence-corrected chi connectivity index (χ0v) is 26.9. The molecule has 0 bridgehead atoms. The first kappa shape index (κ1) is 28.1. The molecule has 8 rings (SSSR count). The van der Waals surface area contributed by atoms with Crippen LogP contribution in [0, 0.1) is 13.8 Å². The number of hydrogen-bond acceptors (Lipinski definition) is 1. The van der Waals surface area contributed by atoms with E-state index in [2.05, 4.69) is 184 Å². The maximum atomic E-state index is 2.43. The third-order valence-electron chi connectivity index (χ3n) is 9.79. The molecule has 0 aromatic heterocycles. The van der Waals surface area contributed by atoms with Crippen molar-refractivity contribution < 1.29 is 0 Å². The minimum atomic E-state index is -0.131. The van der Waals surface area contributed by atoms with Crippen LogP contribution in [0.15, 0.2) is 152 Å². The fourth-order valence-corrected chi connectivity index (χ4v) is 7.20. The van der Waals surface area contributed by atoms with E-state index in [0.717, 1.165) is 11.4 Å². The monoisotopic (exact) mass is 591 g/mol. The second-order valence-corrected chi connectivity index (χ2v) is 13.2. The standard InChI is InChI=1S/C45H37N/c1-30-13-23-37(24-14-30)46(38-25-15-31(2)16-26-38)39-28-41(44-40-11-7-8-12-42(40)45(3,4)43(44)29-39)34-20-17-33(18-21-34)36-22-19-32-9-5-6-10-35(32)27-36/h5-29H,1-4H3. The average Bonchev–Trinajstić information content (AvgIpc) is 3.32. The van der Waals surface area contributed by atoms with Crippen LogP contribution in [-0.4, -0.2) is 0 Å². The molecule has 0 unspecified atom stereocenters. The van der Waals surface area contributed by atoms with Gasteiger partial charge in [-0.3, -0.25) is 0 Å². The molecule has 1 aliphatic carbocycles. The molecule has 7 aromatic carbocycles. The lowest BCUT2D eigenvalue weighted by Crippen LogP contribution is -2.17. The fourth-order valence-electron chi connectivity index (χ4n) is 7.20. The predicted octanol–water partition coefficient (Wildman–Crippen LogP) is 12.6. The summed E-state index contributed by atoms with van der Waals surface area (Å²) in [5.74, 6) is 0. The van der Waals surface area contributed by atoms with Gasteiger partial charge in [0.15, 0.2) is 0 Å². The summed E-state index contributed by atoms with van der Waals surface area (Å²) in [6.45, 7) is 9.04. The van der Waals surface area contributed by atoms with Gasteiger partial charge in [0.25, 0.3) is 0 Å². The molecule has 7 aromatic rings. The van der Waals surface area contributed by atoms with Gasteiger partial charge < -0.3 is 4.90 Å². The number of hydrogen-bond donors (Lipinski definition) is 0. The van der Waals surface area contributed by atoms with Crippen molar-refractivity contribution in [2.24, 2.45) is 0 Å². The third kappa shape index (κ3) is 4.71. The van der Waals surface area contributed by atoms with E-state index < -0.39 is 0 Å². The molecule has 0 amide bonds. The summed E-state index contributed by atoms with van der Waals surface area (Å²) >= 11 is 0. The van der Waals surface area contributed by atoms with Crippen LogP contribution in [0.5, 0.6) is 0 Å². The minimum absolute atomic E-state index is 0.131. The van der Waals surface area contributed by atoms with Gasteiger partial charge in [-0.15, -0.1) is 0 Å². The summed E-state index contributed by atoms with van der Waals surface area (Å²) in [7, 11) is 0. The molecule has 0 radical (unpaired) electrons. The summed E-state index contributed by atoms with van der Waals surface area (Å²) in [5.41, 5.74) is 16.2. The van der Waals surface area contributed by atoms with Crippen LogP contribution in [0.25, 0.3) is 44.2 Å². The van der Waals surface area contributed by atoms with Gasteiger partial charge in [-0.1, -0.05) is 134 Å². The molecule has 0 fully saturated rings. The van der Waals surface area contributed by atoms with Gasteiger partial charge in [0.2, 0.25) is 0 Å². The lowest BCUT2D eigenvalue weighted by Gasteiger charge is -2.29. The topological polar surface area (TPSA) is 3.24 Å². The van der Waals surface area contributed by atoms with Gasteiger partial charge >= 0.3 is 0 Å². The maximum Gasteiger partial charge on any atom is 0.0471 e. The number of benzene rings is 7. The van der Waals surface area contributed by atoms with Crippen LogP contribution in [0.1, 0.15) is 36.1 Å². The first-order valence-electron chi connectivity index (χ1n) is 16.2. The Labute approximate surface area is 272 Å². The zero-order valence-electron chi connectivity index (χ0n) is 26.9. The Morgan fingerprint density at radius 2 is 0.978 bits per heavy atom. The highest BCUT2D eigenvalue weighted by Gasteiger charge is 2.37. The molecule has 0 spiro atoms. The number of rotatable bonds is 5. The second-order valence-electron chi connectivity index (χ2n) is 13.2. The number of nitrogens with zero attached hydrogens (tertiary/aromatic N) is 1. The van der Waals surface area contributed by atoms with Crippen molar-refractivity contribution >= 4 is 27.8 Å². The summed E-state index contributed by atoms with van der Waals surface area (Å²) in [6.07, 6.45) is 0. The van der Waals surface area contributed by atoms with Crippen LogP contribution in [-0.2, 0) is 5.41 Å². The number of anilines is 3. The quantitative estimate of drug-likeness (QED) is 0.192. The van der Waals surface area contributed by atoms with Crippen molar-refractivity contribution in [3.8, 4) is 33.4 Å². The van der Waals surface area contributed by atoms with Crippen LogP contribution in [0.4, 0.5) is 17.1 Å². The average molecular weight is 592 g/mol. The predicted molar refractivity (Wildman–Crippen MR) is 197 cm³/mol. The van der Waals surface area contributed by atoms with Gasteiger partial charge in [-0.25, -0.2) is 0 Å². The smallest absolute Gasteiger partial charge is 0.0471 e. The molecule has 0 saturated carbocycles. The number of fused-ring (bicyclic) bond motifs is 4. The van der Waals surface area contributed by atoms with Gasteiger partial charge in [-0.05, 0) is 112 Å². The molecule has 222 valence electrons. The van der Waals surface area contributed by atoms with E-state index in [1.807, 2.05) is 0 Å². The molecule has 0 saturated heterocycles. The van der Waals surface area contributed by atoms with Crippen molar-refractivity contribution in [1.82, 2.24) is 0 Å². The largest absolute Gasteiger partial charge is 0.310 e. The minimum Gasteiger partial charge on any atom is -0.310 e. The van der Waals surface area contributed by atoms with Gasteiger partial charge in [0.05, 0.1) is 0 Å². The Morgan fingerprint density at radius 1 is 0.413 bits per heavy atom. The highest BCUT2D eigenvalue weighted by molar-refractivity contribution is 5.96. The highest BCUT2D eigenvalue weighted by atomic mass is 15.1. The Hall–Kier alpha value is -5.40. The second kappa shape index (κ2) is 10.9. The molecule has 46 heavy (non-hydrogen) atoms.